The molecule has 0 radical (unpaired) electrons. The van der Waals surface area contributed by atoms with Crippen LogP contribution in [0.2, 0.25) is 5.02 Å². The number of morpholine rings is 1. The second kappa shape index (κ2) is 10.1. The quantitative estimate of drug-likeness (QED) is 0.671. The van der Waals surface area contributed by atoms with Gasteiger partial charge in [0.2, 0.25) is 0 Å². The highest BCUT2D eigenvalue weighted by Gasteiger charge is 2.23. The largest absolute Gasteiger partial charge is 0.486 e. The normalized spacial score (nSPS) is 16.3. The molecule has 2 aliphatic heterocycles. The van der Waals surface area contributed by atoms with Crippen LogP contribution < -0.4 is 9.47 Å². The predicted octanol–water partition coefficient (Wildman–Crippen LogP) is 2.87. The van der Waals surface area contributed by atoms with E-state index in [1.165, 1.54) is 0 Å². The second-order valence-electron chi connectivity index (χ2n) is 7.37. The number of hydrogen-bond acceptors (Lipinski definition) is 6. The number of fused-ring (bicyclic) bond motifs is 1. The number of halogens is 1. The zero-order valence-electron chi connectivity index (χ0n) is 16.9. The summed E-state index contributed by atoms with van der Waals surface area (Å²) in [5.74, 6) is 0.953. The first-order valence-corrected chi connectivity index (χ1v) is 10.7. The molecule has 1 fully saturated rings. The van der Waals surface area contributed by atoms with Crippen LogP contribution in [-0.4, -0.2) is 73.3 Å². The molecule has 2 aromatic rings. The third kappa shape index (κ3) is 5.22. The fourth-order valence-corrected chi connectivity index (χ4v) is 3.95. The maximum atomic E-state index is 13.4. The van der Waals surface area contributed by atoms with E-state index in [0.29, 0.717) is 48.4 Å². The minimum atomic E-state index is -0.0762. The number of aromatic nitrogens is 1. The molecule has 8 heteroatoms. The first kappa shape index (κ1) is 20.9. The molecule has 1 aromatic carbocycles. The summed E-state index contributed by atoms with van der Waals surface area (Å²) in [5, 5.41) is 0.396. The SMILES string of the molecule is O=C(c1cc(Cl)c2c(c1)OCCO2)N(CCCN1CCOCC1)Cc1ccncc1. The Kier molecular flexibility index (Phi) is 7.04. The van der Waals surface area contributed by atoms with Crippen molar-refractivity contribution in [3.8, 4) is 11.5 Å². The van der Waals surface area contributed by atoms with E-state index in [2.05, 4.69) is 9.88 Å². The van der Waals surface area contributed by atoms with Gasteiger partial charge in [0.1, 0.15) is 13.2 Å². The molecule has 0 aliphatic carbocycles. The second-order valence-corrected chi connectivity index (χ2v) is 7.78. The summed E-state index contributed by atoms with van der Waals surface area (Å²) in [6, 6.07) is 7.25. The van der Waals surface area contributed by atoms with Gasteiger partial charge in [-0.3, -0.25) is 14.7 Å². The van der Waals surface area contributed by atoms with E-state index in [1.807, 2.05) is 17.0 Å². The molecule has 30 heavy (non-hydrogen) atoms. The first-order chi connectivity index (χ1) is 14.7. The molecule has 1 amide bonds. The highest BCUT2D eigenvalue weighted by atomic mass is 35.5. The third-order valence-electron chi connectivity index (χ3n) is 5.26. The summed E-state index contributed by atoms with van der Waals surface area (Å²) in [6.45, 7) is 6.42. The lowest BCUT2D eigenvalue weighted by atomic mass is 10.1. The van der Waals surface area contributed by atoms with Gasteiger partial charge in [-0.25, -0.2) is 0 Å². The minimum Gasteiger partial charge on any atom is -0.486 e. The Labute approximate surface area is 181 Å². The van der Waals surface area contributed by atoms with Crippen molar-refractivity contribution in [2.45, 2.75) is 13.0 Å². The zero-order chi connectivity index (χ0) is 20.8. The lowest BCUT2D eigenvalue weighted by molar-refractivity contribution is 0.0355. The molecule has 1 saturated heterocycles. The van der Waals surface area contributed by atoms with Gasteiger partial charge in [0.25, 0.3) is 5.91 Å². The van der Waals surface area contributed by atoms with Crippen LogP contribution >= 0.6 is 11.6 Å². The first-order valence-electron chi connectivity index (χ1n) is 10.3. The number of pyridine rings is 1. The van der Waals surface area contributed by atoms with Crippen molar-refractivity contribution in [1.82, 2.24) is 14.8 Å². The number of nitrogens with zero attached hydrogens (tertiary/aromatic N) is 3. The highest BCUT2D eigenvalue weighted by molar-refractivity contribution is 6.32. The number of amides is 1. The van der Waals surface area contributed by atoms with E-state index in [0.717, 1.165) is 44.8 Å². The maximum absolute atomic E-state index is 13.4. The lowest BCUT2D eigenvalue weighted by Crippen LogP contribution is -2.39. The van der Waals surface area contributed by atoms with Gasteiger partial charge in [-0.05, 0) is 36.2 Å². The van der Waals surface area contributed by atoms with E-state index in [4.69, 9.17) is 25.8 Å². The van der Waals surface area contributed by atoms with Crippen molar-refractivity contribution >= 4 is 17.5 Å². The van der Waals surface area contributed by atoms with Crippen LogP contribution in [0, 0.1) is 0 Å². The molecule has 0 N–H and O–H groups in total. The topological polar surface area (TPSA) is 64.1 Å². The van der Waals surface area contributed by atoms with Crippen molar-refractivity contribution in [2.75, 3.05) is 52.6 Å². The number of benzene rings is 1. The van der Waals surface area contributed by atoms with E-state index < -0.39 is 0 Å². The summed E-state index contributed by atoms with van der Waals surface area (Å²) in [7, 11) is 0. The van der Waals surface area contributed by atoms with Crippen LogP contribution in [0.3, 0.4) is 0 Å². The van der Waals surface area contributed by atoms with Crippen molar-refractivity contribution < 1.29 is 19.0 Å². The summed E-state index contributed by atoms with van der Waals surface area (Å²) in [4.78, 5) is 21.7. The molecule has 0 unspecified atom stereocenters. The highest BCUT2D eigenvalue weighted by Crippen LogP contribution is 2.38. The Morgan fingerprint density at radius 3 is 2.67 bits per heavy atom. The van der Waals surface area contributed by atoms with Gasteiger partial charge in [-0.15, -0.1) is 0 Å². The van der Waals surface area contributed by atoms with E-state index >= 15 is 0 Å². The van der Waals surface area contributed by atoms with Gasteiger partial charge in [0.05, 0.1) is 18.2 Å². The lowest BCUT2D eigenvalue weighted by Gasteiger charge is -2.29. The number of ether oxygens (including phenoxy) is 3. The summed E-state index contributed by atoms with van der Waals surface area (Å²) < 4.78 is 16.6. The van der Waals surface area contributed by atoms with E-state index in [1.54, 1.807) is 24.5 Å². The standard InChI is InChI=1S/C22H26ClN3O4/c23-19-14-18(15-20-21(19)30-13-12-29-20)22(27)26(16-17-2-4-24-5-3-17)7-1-6-25-8-10-28-11-9-25/h2-5,14-15H,1,6-13,16H2. The molecule has 3 heterocycles. The molecular weight excluding hydrogens is 406 g/mol. The molecule has 0 saturated carbocycles. The molecule has 1 aromatic heterocycles. The van der Waals surface area contributed by atoms with Crippen LogP contribution in [0.25, 0.3) is 0 Å². The third-order valence-corrected chi connectivity index (χ3v) is 5.54. The van der Waals surface area contributed by atoms with Crippen LogP contribution in [0.1, 0.15) is 22.3 Å². The number of hydrogen-bond donors (Lipinski definition) is 0. The fraction of sp³-hybridized carbons (Fsp3) is 0.455. The van der Waals surface area contributed by atoms with Gasteiger partial charge >= 0.3 is 0 Å². The minimum absolute atomic E-state index is 0.0762. The molecule has 2 aliphatic rings. The summed E-state index contributed by atoms with van der Waals surface area (Å²) in [5.41, 5.74) is 1.54. The Morgan fingerprint density at radius 1 is 1.10 bits per heavy atom. The predicted molar refractivity (Wildman–Crippen MR) is 113 cm³/mol. The zero-order valence-corrected chi connectivity index (χ0v) is 17.6. The molecule has 4 rings (SSSR count). The Bertz CT molecular complexity index is 859. The van der Waals surface area contributed by atoms with Crippen LogP contribution in [0.15, 0.2) is 36.7 Å². The molecule has 7 nitrogen and oxygen atoms in total. The van der Waals surface area contributed by atoms with Crippen LogP contribution in [0.5, 0.6) is 11.5 Å². The summed E-state index contributed by atoms with van der Waals surface area (Å²) in [6.07, 6.45) is 4.37. The molecule has 160 valence electrons. The van der Waals surface area contributed by atoms with Crippen molar-refractivity contribution in [2.24, 2.45) is 0 Å². The van der Waals surface area contributed by atoms with Crippen molar-refractivity contribution in [1.29, 1.82) is 0 Å². The average molecular weight is 432 g/mol. The number of carbonyl (C=O) groups is 1. The van der Waals surface area contributed by atoms with Crippen molar-refractivity contribution in [3.05, 3.63) is 52.8 Å². The molecule has 0 atom stereocenters. The molecular formula is C22H26ClN3O4. The van der Waals surface area contributed by atoms with Crippen molar-refractivity contribution in [3.63, 3.8) is 0 Å². The van der Waals surface area contributed by atoms with Gasteiger partial charge in [-0.2, -0.15) is 0 Å². The summed E-state index contributed by atoms with van der Waals surface area (Å²) >= 11 is 6.36. The van der Waals surface area contributed by atoms with Gasteiger partial charge in [0.15, 0.2) is 11.5 Å². The number of carbonyl (C=O) groups excluding carboxylic acids is 1. The fourth-order valence-electron chi connectivity index (χ4n) is 3.69. The average Bonchev–Trinajstić information content (AvgIpc) is 2.79. The van der Waals surface area contributed by atoms with Crippen LogP contribution in [0.4, 0.5) is 0 Å². The molecule has 0 bridgehead atoms. The van der Waals surface area contributed by atoms with E-state index in [9.17, 15) is 4.79 Å². The Balaban J connectivity index is 1.49. The molecule has 0 spiro atoms. The van der Waals surface area contributed by atoms with Gasteiger partial charge < -0.3 is 19.1 Å². The number of rotatable bonds is 7. The monoisotopic (exact) mass is 431 g/mol. The van der Waals surface area contributed by atoms with Gasteiger partial charge in [0, 0.05) is 50.7 Å². The Morgan fingerprint density at radius 2 is 1.87 bits per heavy atom. The van der Waals surface area contributed by atoms with E-state index in [-0.39, 0.29) is 5.91 Å². The maximum Gasteiger partial charge on any atom is 0.254 e. The Hall–Kier alpha value is -2.35. The van der Waals surface area contributed by atoms with Gasteiger partial charge in [-0.1, -0.05) is 11.6 Å². The van der Waals surface area contributed by atoms with Crippen LogP contribution in [-0.2, 0) is 11.3 Å². The smallest absolute Gasteiger partial charge is 0.254 e.